The summed E-state index contributed by atoms with van der Waals surface area (Å²) in [5.74, 6) is 1.74. The van der Waals surface area contributed by atoms with E-state index in [2.05, 4.69) is 60.7 Å². The van der Waals surface area contributed by atoms with Crippen LogP contribution in [-0.2, 0) is 10.1 Å². The topological polar surface area (TPSA) is 68.5 Å². The molecule has 1 aromatic heterocycles. The van der Waals surface area contributed by atoms with Crippen molar-refractivity contribution in [1.82, 2.24) is 0 Å². The largest absolute Gasteiger partial charge is 0.744 e. The molecule has 4 aromatic carbocycles. The van der Waals surface area contributed by atoms with E-state index in [9.17, 15) is 13.0 Å². The monoisotopic (exact) mass is 480 g/mol. The summed E-state index contributed by atoms with van der Waals surface area (Å²) >= 11 is 0. The van der Waals surface area contributed by atoms with Gasteiger partial charge in [-0.15, -0.1) is 0 Å². The fraction of sp³-hybridized carbons (Fsp3) is 0.0333. The molecule has 0 aliphatic carbocycles. The molecule has 5 aromatic rings. The second kappa shape index (κ2) is 10.9. The molecule has 0 bridgehead atoms. The molecule has 0 radical (unpaired) electrons. The van der Waals surface area contributed by atoms with Crippen molar-refractivity contribution >= 4 is 10.1 Å². The van der Waals surface area contributed by atoms with Gasteiger partial charge in [0.2, 0.25) is 0 Å². The van der Waals surface area contributed by atoms with E-state index >= 15 is 0 Å². The summed E-state index contributed by atoms with van der Waals surface area (Å²) in [7, 11) is -4.27. The number of aryl methyl sites for hydroxylation is 1. The number of hydrogen-bond acceptors (Lipinski definition) is 3. The van der Waals surface area contributed by atoms with Gasteiger partial charge in [-0.3, -0.25) is 0 Å². The predicted molar refractivity (Wildman–Crippen MR) is 139 cm³/mol. The first kappa shape index (κ1) is 24.1. The van der Waals surface area contributed by atoms with Crippen molar-refractivity contribution in [1.29, 1.82) is 0 Å². The van der Waals surface area contributed by atoms with Gasteiger partial charge in [0.05, 0.1) is 28.2 Å². The Morgan fingerprint density at radius 3 is 1.34 bits per heavy atom. The lowest BCUT2D eigenvalue weighted by molar-refractivity contribution is 0.463. The van der Waals surface area contributed by atoms with Crippen LogP contribution in [0.2, 0.25) is 0 Å². The summed E-state index contributed by atoms with van der Waals surface area (Å²) < 4.78 is 37.4. The zero-order valence-corrected chi connectivity index (χ0v) is 20.0. The number of hydrogen-bond donors (Lipinski definition) is 0. The molecule has 0 unspecified atom stereocenters. The van der Waals surface area contributed by atoms with Gasteiger partial charge in [0.25, 0.3) is 0 Å². The summed E-state index contributed by atoms with van der Waals surface area (Å²) in [4.78, 5) is -0.178. The second-order valence-corrected chi connectivity index (χ2v) is 9.32. The first-order chi connectivity index (χ1) is 16.9. The van der Waals surface area contributed by atoms with Crippen LogP contribution in [0.5, 0.6) is 0 Å². The number of rotatable bonds is 4. The van der Waals surface area contributed by atoms with Crippen molar-refractivity contribution in [2.45, 2.75) is 11.8 Å². The molecule has 0 atom stereocenters. The molecule has 0 N–H and O–H groups in total. The molecule has 0 aliphatic heterocycles. The lowest BCUT2D eigenvalue weighted by Crippen LogP contribution is -1.97. The first-order valence-electron chi connectivity index (χ1n) is 11.1. The van der Waals surface area contributed by atoms with E-state index in [0.29, 0.717) is 0 Å². The average Bonchev–Trinajstić information content (AvgIpc) is 2.90. The minimum absolute atomic E-state index is 0.178. The van der Waals surface area contributed by atoms with Crippen molar-refractivity contribution in [3.05, 3.63) is 133 Å². The molecule has 35 heavy (non-hydrogen) atoms. The lowest BCUT2D eigenvalue weighted by Gasteiger charge is -2.05. The molecule has 0 fully saturated rings. The van der Waals surface area contributed by atoms with Crippen LogP contribution in [0.1, 0.15) is 5.56 Å². The third-order valence-electron chi connectivity index (χ3n) is 5.33. The van der Waals surface area contributed by atoms with E-state index in [1.54, 1.807) is 12.1 Å². The maximum atomic E-state index is 10.4. The van der Waals surface area contributed by atoms with Crippen molar-refractivity contribution in [2.24, 2.45) is 0 Å². The molecule has 0 saturated carbocycles. The predicted octanol–water partition coefficient (Wildman–Crippen LogP) is 7.46. The Morgan fingerprint density at radius 2 is 0.943 bits per heavy atom. The Kier molecular flexibility index (Phi) is 7.51. The molecule has 0 saturated heterocycles. The fourth-order valence-electron chi connectivity index (χ4n) is 3.49. The molecule has 5 rings (SSSR count). The third kappa shape index (κ3) is 6.51. The van der Waals surface area contributed by atoms with E-state index in [-0.39, 0.29) is 4.90 Å². The van der Waals surface area contributed by atoms with Crippen LogP contribution in [0.25, 0.3) is 33.8 Å². The van der Waals surface area contributed by atoms with Crippen LogP contribution in [-0.4, -0.2) is 13.0 Å². The molecule has 0 aliphatic rings. The van der Waals surface area contributed by atoms with E-state index in [1.165, 1.54) is 17.7 Å². The summed E-state index contributed by atoms with van der Waals surface area (Å²) in [6.45, 7) is 1.82. The second-order valence-electron chi connectivity index (χ2n) is 7.94. The third-order valence-corrected chi connectivity index (χ3v) is 6.18. The quantitative estimate of drug-likeness (QED) is 0.198. The summed E-state index contributed by atoms with van der Waals surface area (Å²) in [6.07, 6.45) is 0. The lowest BCUT2D eigenvalue weighted by atomic mass is 10.0. The van der Waals surface area contributed by atoms with Crippen LogP contribution >= 0.6 is 0 Å². The van der Waals surface area contributed by atoms with E-state index in [4.69, 9.17) is 4.42 Å². The molecule has 1 heterocycles. The molecular formula is C30H24O4S. The Bertz CT molecular complexity index is 1340. The Morgan fingerprint density at radius 1 is 0.543 bits per heavy atom. The highest BCUT2D eigenvalue weighted by atomic mass is 32.2. The van der Waals surface area contributed by atoms with E-state index < -0.39 is 10.1 Å². The zero-order chi connectivity index (χ0) is 24.7. The average molecular weight is 481 g/mol. The Labute approximate surface area is 205 Å². The van der Waals surface area contributed by atoms with E-state index in [0.717, 1.165) is 33.8 Å². The smallest absolute Gasteiger partial charge is 0.361 e. The maximum Gasteiger partial charge on any atom is 0.361 e. The zero-order valence-electron chi connectivity index (χ0n) is 19.2. The van der Waals surface area contributed by atoms with Crippen molar-refractivity contribution in [2.75, 3.05) is 0 Å². The minimum Gasteiger partial charge on any atom is -0.744 e. The molecule has 174 valence electrons. The SMILES string of the molecule is Cc1ccc(S(=O)(=O)[O-])cc1.c1ccc(-c2cc(-c3ccccc3)[o+]c(-c3ccccc3)c2)cc1. The fourth-order valence-corrected chi connectivity index (χ4v) is 3.96. The minimum atomic E-state index is -4.27. The Balaban J connectivity index is 0.000000221. The summed E-state index contributed by atoms with van der Waals surface area (Å²) in [5, 5.41) is 0. The van der Waals surface area contributed by atoms with Crippen molar-refractivity contribution in [3.8, 4) is 33.8 Å². The van der Waals surface area contributed by atoms with Crippen molar-refractivity contribution in [3.63, 3.8) is 0 Å². The van der Waals surface area contributed by atoms with Crippen LogP contribution in [0, 0.1) is 6.92 Å². The maximum absolute atomic E-state index is 10.4. The normalized spacial score (nSPS) is 10.8. The van der Waals surface area contributed by atoms with Gasteiger partial charge in [-0.1, -0.05) is 84.4 Å². The highest BCUT2D eigenvalue weighted by Crippen LogP contribution is 2.32. The van der Waals surface area contributed by atoms with Gasteiger partial charge in [0.15, 0.2) is 0 Å². The van der Waals surface area contributed by atoms with Gasteiger partial charge >= 0.3 is 11.5 Å². The Hall–Kier alpha value is -4.06. The molecule has 4 nitrogen and oxygen atoms in total. The van der Waals surface area contributed by atoms with Gasteiger partial charge < -0.3 is 4.55 Å². The molecular weight excluding hydrogens is 456 g/mol. The van der Waals surface area contributed by atoms with Gasteiger partial charge in [0.1, 0.15) is 10.1 Å². The van der Waals surface area contributed by atoms with Gasteiger partial charge in [-0.25, -0.2) is 12.8 Å². The molecule has 5 heteroatoms. The van der Waals surface area contributed by atoms with E-state index in [1.807, 2.05) is 49.4 Å². The van der Waals surface area contributed by atoms with Crippen LogP contribution in [0.3, 0.4) is 0 Å². The van der Waals surface area contributed by atoms with Gasteiger partial charge in [0, 0.05) is 5.56 Å². The summed E-state index contributed by atoms with van der Waals surface area (Å²) in [5.41, 5.74) is 5.42. The highest BCUT2D eigenvalue weighted by Gasteiger charge is 2.20. The molecule has 0 amide bonds. The van der Waals surface area contributed by atoms with Crippen LogP contribution in [0.4, 0.5) is 0 Å². The summed E-state index contributed by atoms with van der Waals surface area (Å²) in [6, 6.07) is 40.8. The van der Waals surface area contributed by atoms with Crippen molar-refractivity contribution < 1.29 is 17.4 Å². The highest BCUT2D eigenvalue weighted by molar-refractivity contribution is 7.85. The van der Waals surface area contributed by atoms with Crippen LogP contribution < -0.4 is 0 Å². The van der Waals surface area contributed by atoms with Gasteiger partial charge in [-0.05, 0) is 48.9 Å². The van der Waals surface area contributed by atoms with Crippen LogP contribution in [0.15, 0.2) is 137 Å². The van der Waals surface area contributed by atoms with Gasteiger partial charge in [-0.2, -0.15) is 0 Å². The standard InChI is InChI=1S/C23H17O.C7H8O3S/c1-4-10-18(11-5-1)21-16-22(19-12-6-2-7-13-19)24-23(17-21)20-14-8-3-9-15-20;1-6-2-4-7(5-3-6)11(8,9)10/h1-17H;2-5H,1H3,(H,8,9,10)/q+1;/p-1. The first-order valence-corrected chi connectivity index (χ1v) is 12.5. The number of benzene rings is 4. The molecule has 0 spiro atoms.